The van der Waals surface area contributed by atoms with Crippen LogP contribution in [0.5, 0.6) is 0 Å². The molecular formula is C14H21O2Si. The molecule has 0 aromatic heterocycles. The summed E-state index contributed by atoms with van der Waals surface area (Å²) in [5.74, 6) is 0.555. The maximum absolute atomic E-state index is 5.94. The molecule has 93 valence electrons. The summed E-state index contributed by atoms with van der Waals surface area (Å²) in [5, 5.41) is 0. The van der Waals surface area contributed by atoms with Crippen molar-refractivity contribution in [3.63, 3.8) is 0 Å². The van der Waals surface area contributed by atoms with Crippen LogP contribution in [0.4, 0.5) is 0 Å². The Hall–Kier alpha value is -0.643. The van der Waals surface area contributed by atoms with Crippen molar-refractivity contribution in [2.45, 2.75) is 45.3 Å². The van der Waals surface area contributed by atoms with Crippen molar-refractivity contribution in [3.8, 4) is 0 Å². The van der Waals surface area contributed by atoms with E-state index in [1.807, 2.05) is 0 Å². The Balaban J connectivity index is 1.93. The highest BCUT2D eigenvalue weighted by Gasteiger charge is 2.20. The Morgan fingerprint density at radius 3 is 2.82 bits per heavy atom. The zero-order valence-corrected chi connectivity index (χ0v) is 11.7. The molecule has 2 rings (SSSR count). The number of hydrogen-bond donors (Lipinski definition) is 0. The molecule has 3 heteroatoms. The minimum absolute atomic E-state index is 0.555. The second-order valence-corrected chi connectivity index (χ2v) is 6.64. The van der Waals surface area contributed by atoms with Crippen molar-refractivity contribution in [1.29, 1.82) is 0 Å². The lowest BCUT2D eigenvalue weighted by Crippen LogP contribution is -2.27. The minimum Gasteiger partial charge on any atom is -0.393 e. The molecule has 0 bridgehead atoms. The third-order valence-electron chi connectivity index (χ3n) is 3.10. The van der Waals surface area contributed by atoms with Crippen LogP contribution in [0.15, 0.2) is 24.3 Å². The average molecular weight is 249 g/mol. The Kier molecular flexibility index (Phi) is 4.77. The van der Waals surface area contributed by atoms with Crippen LogP contribution >= 0.6 is 0 Å². The Morgan fingerprint density at radius 2 is 2.12 bits per heavy atom. The number of hydrogen-bond acceptors (Lipinski definition) is 2. The smallest absolute Gasteiger partial charge is 0.384 e. The van der Waals surface area contributed by atoms with Crippen molar-refractivity contribution >= 4 is 9.28 Å². The van der Waals surface area contributed by atoms with Gasteiger partial charge in [0, 0.05) is 6.61 Å². The van der Waals surface area contributed by atoms with Crippen molar-refractivity contribution < 1.29 is 8.85 Å². The molecule has 0 aliphatic carbocycles. The lowest BCUT2D eigenvalue weighted by Gasteiger charge is -2.20. The fourth-order valence-electron chi connectivity index (χ4n) is 2.13. The van der Waals surface area contributed by atoms with E-state index >= 15 is 0 Å². The molecule has 1 aromatic rings. The van der Waals surface area contributed by atoms with Gasteiger partial charge in [-0.15, -0.1) is 0 Å². The van der Waals surface area contributed by atoms with E-state index in [1.165, 1.54) is 24.0 Å². The fourth-order valence-corrected chi connectivity index (χ4v) is 3.73. The average Bonchev–Trinajstić information content (AvgIpc) is 2.38. The molecule has 1 heterocycles. The summed E-state index contributed by atoms with van der Waals surface area (Å²) in [6.45, 7) is 6.05. The molecule has 1 saturated heterocycles. The first-order chi connectivity index (χ1) is 8.27. The van der Waals surface area contributed by atoms with E-state index in [0.717, 1.165) is 12.7 Å². The predicted octanol–water partition coefficient (Wildman–Crippen LogP) is 3.63. The van der Waals surface area contributed by atoms with Gasteiger partial charge < -0.3 is 8.85 Å². The van der Waals surface area contributed by atoms with E-state index in [2.05, 4.69) is 38.1 Å². The molecule has 1 fully saturated rings. The molecule has 0 unspecified atom stereocenters. The lowest BCUT2D eigenvalue weighted by atomic mass is 9.98. The van der Waals surface area contributed by atoms with E-state index in [9.17, 15) is 0 Å². The van der Waals surface area contributed by atoms with E-state index in [4.69, 9.17) is 8.85 Å². The van der Waals surface area contributed by atoms with Gasteiger partial charge in [-0.2, -0.15) is 0 Å². The van der Waals surface area contributed by atoms with E-state index in [0.29, 0.717) is 12.5 Å². The fraction of sp³-hybridized carbons (Fsp3) is 0.571. The van der Waals surface area contributed by atoms with Gasteiger partial charge in [0.2, 0.25) is 0 Å². The molecule has 17 heavy (non-hydrogen) atoms. The van der Waals surface area contributed by atoms with Crippen molar-refractivity contribution in [3.05, 3.63) is 35.4 Å². The summed E-state index contributed by atoms with van der Waals surface area (Å²) in [7, 11) is -0.988. The zero-order chi connectivity index (χ0) is 12.1. The van der Waals surface area contributed by atoms with Gasteiger partial charge >= 0.3 is 9.28 Å². The van der Waals surface area contributed by atoms with Gasteiger partial charge in [0.05, 0.1) is 6.61 Å². The molecule has 0 amide bonds. The van der Waals surface area contributed by atoms with Crippen molar-refractivity contribution in [2.24, 2.45) is 0 Å². The summed E-state index contributed by atoms with van der Waals surface area (Å²) in [4.78, 5) is 0. The zero-order valence-electron chi connectivity index (χ0n) is 10.7. The molecule has 0 atom stereocenters. The Morgan fingerprint density at radius 1 is 1.29 bits per heavy atom. The van der Waals surface area contributed by atoms with E-state index in [-0.39, 0.29) is 0 Å². The molecule has 1 aliphatic rings. The van der Waals surface area contributed by atoms with Crippen LogP contribution in [0.3, 0.4) is 0 Å². The Labute approximate surface area is 106 Å². The first-order valence-electron chi connectivity index (χ1n) is 6.46. The van der Waals surface area contributed by atoms with Crippen LogP contribution < -0.4 is 0 Å². The molecule has 1 aliphatic heterocycles. The maximum atomic E-state index is 5.94. The van der Waals surface area contributed by atoms with Gasteiger partial charge in [0.25, 0.3) is 0 Å². The molecule has 1 aromatic carbocycles. The van der Waals surface area contributed by atoms with Crippen LogP contribution in [-0.2, 0) is 15.5 Å². The van der Waals surface area contributed by atoms with Gasteiger partial charge in [0.1, 0.15) is 0 Å². The Bertz CT molecular complexity index is 346. The first-order valence-corrected chi connectivity index (χ1v) is 7.99. The second-order valence-electron chi connectivity index (χ2n) is 4.82. The molecular weight excluding hydrogens is 228 g/mol. The standard InChI is InChI=1S/C14H21O2Si/c1-12(2)14-8-4-3-7-13(14)11-16-17-10-6-5-9-15-17/h3-4,7-8,12H,5-6,9-11H2,1-2H3. The highest BCUT2D eigenvalue weighted by molar-refractivity contribution is 6.44. The summed E-state index contributed by atoms with van der Waals surface area (Å²) >= 11 is 0. The summed E-state index contributed by atoms with van der Waals surface area (Å²) in [6.07, 6.45) is 2.46. The highest BCUT2D eigenvalue weighted by Crippen LogP contribution is 2.21. The van der Waals surface area contributed by atoms with Crippen LogP contribution in [0, 0.1) is 0 Å². The summed E-state index contributed by atoms with van der Waals surface area (Å²) < 4.78 is 11.6. The third kappa shape index (κ3) is 3.66. The molecule has 2 nitrogen and oxygen atoms in total. The SMILES string of the molecule is CC(C)c1ccccc1CO[Si]1CCCCO1. The van der Waals surface area contributed by atoms with Gasteiger partial charge in [0.15, 0.2) is 0 Å². The number of rotatable bonds is 4. The molecule has 0 spiro atoms. The largest absolute Gasteiger partial charge is 0.393 e. The monoisotopic (exact) mass is 249 g/mol. The quantitative estimate of drug-likeness (QED) is 0.759. The van der Waals surface area contributed by atoms with Crippen LogP contribution in [0.2, 0.25) is 6.04 Å². The predicted molar refractivity (Wildman–Crippen MR) is 71.1 cm³/mol. The van der Waals surface area contributed by atoms with Crippen LogP contribution in [0.25, 0.3) is 0 Å². The van der Waals surface area contributed by atoms with Gasteiger partial charge in [-0.3, -0.25) is 0 Å². The second kappa shape index (κ2) is 6.33. The molecule has 0 saturated carbocycles. The first kappa shape index (κ1) is 12.8. The van der Waals surface area contributed by atoms with Gasteiger partial charge in [-0.25, -0.2) is 0 Å². The van der Waals surface area contributed by atoms with E-state index < -0.39 is 9.28 Å². The van der Waals surface area contributed by atoms with Gasteiger partial charge in [-0.05, 0) is 35.9 Å². The number of benzene rings is 1. The molecule has 0 N–H and O–H groups in total. The van der Waals surface area contributed by atoms with E-state index in [1.54, 1.807) is 0 Å². The minimum atomic E-state index is -0.988. The summed E-state index contributed by atoms with van der Waals surface area (Å²) in [6, 6.07) is 9.69. The highest BCUT2D eigenvalue weighted by atomic mass is 28.3. The normalized spacial score (nSPS) is 17.6. The third-order valence-corrected chi connectivity index (χ3v) is 4.86. The van der Waals surface area contributed by atoms with Crippen molar-refractivity contribution in [2.75, 3.05) is 6.61 Å². The maximum Gasteiger partial charge on any atom is 0.384 e. The lowest BCUT2D eigenvalue weighted by molar-refractivity contribution is 0.170. The van der Waals surface area contributed by atoms with Crippen LogP contribution in [0.1, 0.15) is 43.7 Å². The van der Waals surface area contributed by atoms with Crippen molar-refractivity contribution in [1.82, 2.24) is 0 Å². The van der Waals surface area contributed by atoms with Crippen LogP contribution in [-0.4, -0.2) is 15.9 Å². The topological polar surface area (TPSA) is 18.5 Å². The molecule has 1 radical (unpaired) electrons. The summed E-state index contributed by atoms with van der Waals surface area (Å²) in [5.41, 5.74) is 2.71. The van der Waals surface area contributed by atoms with Gasteiger partial charge in [-0.1, -0.05) is 38.1 Å².